The lowest BCUT2D eigenvalue weighted by atomic mass is 10.1. The maximum atomic E-state index is 12.3. The predicted molar refractivity (Wildman–Crippen MR) is 92.5 cm³/mol. The number of piperazine rings is 1. The van der Waals surface area contributed by atoms with E-state index in [0.717, 1.165) is 0 Å². The third-order valence-corrected chi connectivity index (χ3v) is 5.05. The molecular formula is C16H18BrClN2O3. The van der Waals surface area contributed by atoms with Crippen molar-refractivity contribution in [2.75, 3.05) is 26.2 Å². The topological polar surface area (TPSA) is 60.9 Å². The maximum absolute atomic E-state index is 12.3. The van der Waals surface area contributed by atoms with Crippen molar-refractivity contribution in [2.45, 2.75) is 12.8 Å². The van der Waals surface area contributed by atoms with Crippen molar-refractivity contribution in [3.05, 3.63) is 39.8 Å². The lowest BCUT2D eigenvalue weighted by Gasteiger charge is -2.34. The van der Waals surface area contributed by atoms with Crippen molar-refractivity contribution >= 4 is 39.3 Å². The van der Waals surface area contributed by atoms with Crippen LogP contribution in [0.4, 0.5) is 0 Å². The fraction of sp³-hybridized carbons (Fsp3) is 0.375. The summed E-state index contributed by atoms with van der Waals surface area (Å²) >= 11 is 9.25. The zero-order chi connectivity index (χ0) is 17.0. The fourth-order valence-corrected chi connectivity index (χ4v) is 3.00. The molecule has 0 saturated carbocycles. The summed E-state index contributed by atoms with van der Waals surface area (Å²) in [5.74, 6) is 0.0242. The average molecular weight is 402 g/mol. The van der Waals surface area contributed by atoms with E-state index in [2.05, 4.69) is 22.5 Å². The minimum atomic E-state index is -0.105. The highest BCUT2D eigenvalue weighted by Gasteiger charge is 2.22. The Bertz CT molecular complexity index is 628. The molecule has 0 radical (unpaired) electrons. The lowest BCUT2D eigenvalue weighted by Crippen LogP contribution is -2.50. The second-order valence-electron chi connectivity index (χ2n) is 5.31. The van der Waals surface area contributed by atoms with Crippen molar-refractivity contribution in [3.8, 4) is 5.75 Å². The number of carbonyl (C=O) groups is 2. The number of hydrogen-bond donors (Lipinski definition) is 1. The van der Waals surface area contributed by atoms with Crippen LogP contribution in [0, 0.1) is 0 Å². The first kappa shape index (κ1) is 17.8. The van der Waals surface area contributed by atoms with Crippen LogP contribution in [0.15, 0.2) is 29.3 Å². The minimum absolute atomic E-state index is 0.00847. The highest BCUT2D eigenvalue weighted by Crippen LogP contribution is 2.30. The molecule has 23 heavy (non-hydrogen) atoms. The number of rotatable bonds is 4. The Morgan fingerprint density at radius 2 is 1.87 bits per heavy atom. The number of phenolic OH excluding ortho intramolecular Hbond substituents is 1. The molecular weight excluding hydrogens is 384 g/mol. The minimum Gasteiger partial charge on any atom is -0.508 e. The Hall–Kier alpha value is -1.53. The summed E-state index contributed by atoms with van der Waals surface area (Å²) in [5.41, 5.74) is 0.645. The summed E-state index contributed by atoms with van der Waals surface area (Å²) in [5, 5.41) is 10.4. The van der Waals surface area contributed by atoms with Crippen LogP contribution in [0.1, 0.15) is 12.0 Å². The molecule has 1 aromatic rings. The summed E-state index contributed by atoms with van der Waals surface area (Å²) in [4.78, 5) is 27.2. The first-order valence-corrected chi connectivity index (χ1v) is 8.45. The Kier molecular flexibility index (Phi) is 6.07. The summed E-state index contributed by atoms with van der Waals surface area (Å²) in [6.07, 6.45) is 2.00. The Labute approximate surface area is 148 Å². The third kappa shape index (κ3) is 4.48. The van der Waals surface area contributed by atoms with Gasteiger partial charge in [0.05, 0.1) is 5.02 Å². The van der Waals surface area contributed by atoms with Gasteiger partial charge in [-0.25, -0.2) is 0 Å². The normalized spacial score (nSPS) is 14.7. The molecule has 0 aliphatic carbocycles. The standard InChI is InChI=1S/C16H18BrClN2O3/c1-2-15(22)19-5-7-20(8-6-19)16(23)4-3-11-9-13(18)12(17)10-14(11)21/h2,9-10,21H,1,3-8H2. The Balaban J connectivity index is 1.88. The van der Waals surface area contributed by atoms with Gasteiger partial charge in [0.2, 0.25) is 11.8 Å². The SMILES string of the molecule is C=CC(=O)N1CCN(C(=O)CCc2cc(Cl)c(Br)cc2O)CC1. The van der Waals surface area contributed by atoms with E-state index >= 15 is 0 Å². The van der Waals surface area contributed by atoms with E-state index in [1.54, 1.807) is 15.9 Å². The molecule has 0 spiro atoms. The molecule has 0 unspecified atom stereocenters. The second-order valence-corrected chi connectivity index (χ2v) is 6.57. The summed E-state index contributed by atoms with van der Waals surface area (Å²) in [6, 6.07) is 3.19. The van der Waals surface area contributed by atoms with Crippen LogP contribution in [0.5, 0.6) is 5.75 Å². The van der Waals surface area contributed by atoms with E-state index in [1.807, 2.05) is 0 Å². The van der Waals surface area contributed by atoms with E-state index in [1.165, 1.54) is 12.1 Å². The van der Waals surface area contributed by atoms with E-state index in [9.17, 15) is 14.7 Å². The molecule has 1 N–H and O–H groups in total. The van der Waals surface area contributed by atoms with Gasteiger partial charge in [0.25, 0.3) is 0 Å². The Morgan fingerprint density at radius 1 is 1.26 bits per heavy atom. The molecule has 0 aromatic heterocycles. The number of aromatic hydroxyl groups is 1. The first-order valence-electron chi connectivity index (χ1n) is 7.28. The molecule has 2 rings (SSSR count). The van der Waals surface area contributed by atoms with Crippen LogP contribution < -0.4 is 0 Å². The van der Waals surface area contributed by atoms with Crippen molar-refractivity contribution in [1.82, 2.24) is 9.80 Å². The molecule has 1 fully saturated rings. The number of hydrogen-bond acceptors (Lipinski definition) is 3. The molecule has 1 saturated heterocycles. The molecule has 0 atom stereocenters. The van der Waals surface area contributed by atoms with Gasteiger partial charge in [0.15, 0.2) is 0 Å². The molecule has 1 aliphatic heterocycles. The predicted octanol–water partition coefficient (Wildman–Crippen LogP) is 2.60. The number of carbonyl (C=O) groups excluding carboxylic acids is 2. The molecule has 5 nitrogen and oxygen atoms in total. The Morgan fingerprint density at radius 3 is 2.48 bits per heavy atom. The molecule has 1 heterocycles. The van der Waals surface area contributed by atoms with Gasteiger partial charge in [-0.1, -0.05) is 18.2 Å². The molecule has 0 bridgehead atoms. The quantitative estimate of drug-likeness (QED) is 0.789. The molecule has 1 aliphatic rings. The van der Waals surface area contributed by atoms with Gasteiger partial charge in [0.1, 0.15) is 5.75 Å². The van der Waals surface area contributed by atoms with Crippen molar-refractivity contribution < 1.29 is 14.7 Å². The maximum Gasteiger partial charge on any atom is 0.246 e. The molecule has 124 valence electrons. The van der Waals surface area contributed by atoms with Gasteiger partial charge in [-0.2, -0.15) is 0 Å². The van der Waals surface area contributed by atoms with Crippen LogP contribution in [-0.4, -0.2) is 52.9 Å². The molecule has 2 amide bonds. The number of benzene rings is 1. The van der Waals surface area contributed by atoms with Crippen LogP contribution in [-0.2, 0) is 16.0 Å². The molecule has 1 aromatic carbocycles. The van der Waals surface area contributed by atoms with Crippen molar-refractivity contribution in [1.29, 1.82) is 0 Å². The highest BCUT2D eigenvalue weighted by atomic mass is 79.9. The third-order valence-electron chi connectivity index (χ3n) is 3.85. The smallest absolute Gasteiger partial charge is 0.246 e. The van der Waals surface area contributed by atoms with Gasteiger partial charge >= 0.3 is 0 Å². The van der Waals surface area contributed by atoms with Crippen LogP contribution in [0.3, 0.4) is 0 Å². The van der Waals surface area contributed by atoms with Crippen LogP contribution >= 0.6 is 27.5 Å². The van der Waals surface area contributed by atoms with Crippen molar-refractivity contribution in [3.63, 3.8) is 0 Å². The number of halogens is 2. The highest BCUT2D eigenvalue weighted by molar-refractivity contribution is 9.10. The molecule has 7 heteroatoms. The number of phenols is 1. The van der Waals surface area contributed by atoms with Gasteiger partial charge in [-0.05, 0) is 46.1 Å². The van der Waals surface area contributed by atoms with E-state index in [0.29, 0.717) is 54.1 Å². The zero-order valence-electron chi connectivity index (χ0n) is 12.6. The monoisotopic (exact) mass is 400 g/mol. The summed E-state index contributed by atoms with van der Waals surface area (Å²) < 4.78 is 0.620. The van der Waals surface area contributed by atoms with Gasteiger partial charge in [0, 0.05) is 37.1 Å². The zero-order valence-corrected chi connectivity index (χ0v) is 14.9. The number of amides is 2. The fourth-order valence-electron chi connectivity index (χ4n) is 2.48. The van der Waals surface area contributed by atoms with Crippen LogP contribution in [0.2, 0.25) is 5.02 Å². The van der Waals surface area contributed by atoms with Crippen molar-refractivity contribution in [2.24, 2.45) is 0 Å². The average Bonchev–Trinajstić information content (AvgIpc) is 2.56. The second kappa shape index (κ2) is 7.84. The van der Waals surface area contributed by atoms with Crippen LogP contribution in [0.25, 0.3) is 0 Å². The lowest BCUT2D eigenvalue weighted by molar-refractivity contribution is -0.137. The number of aryl methyl sites for hydroxylation is 1. The summed E-state index contributed by atoms with van der Waals surface area (Å²) in [6.45, 7) is 5.54. The largest absolute Gasteiger partial charge is 0.508 e. The van der Waals surface area contributed by atoms with E-state index < -0.39 is 0 Å². The summed E-state index contributed by atoms with van der Waals surface area (Å²) in [7, 11) is 0. The van der Waals surface area contributed by atoms with Gasteiger partial charge in [-0.15, -0.1) is 0 Å². The first-order chi connectivity index (χ1) is 10.9. The van der Waals surface area contributed by atoms with E-state index in [4.69, 9.17) is 11.6 Å². The van der Waals surface area contributed by atoms with E-state index in [-0.39, 0.29) is 17.6 Å². The number of nitrogens with zero attached hydrogens (tertiary/aromatic N) is 2. The van der Waals surface area contributed by atoms with Gasteiger partial charge in [-0.3, -0.25) is 9.59 Å². The van der Waals surface area contributed by atoms with Gasteiger partial charge < -0.3 is 14.9 Å².